The zero-order valence-corrected chi connectivity index (χ0v) is 9.10. The summed E-state index contributed by atoms with van der Waals surface area (Å²) in [6.07, 6.45) is 2.70. The first kappa shape index (κ1) is 12.0. The molecule has 0 bridgehead atoms. The molecule has 4 nitrogen and oxygen atoms in total. The highest BCUT2D eigenvalue weighted by atomic mass is 16.5. The minimum Gasteiger partial charge on any atom is -0.497 e. The number of carbonyl (C=O) groups excluding carboxylic acids is 2. The van der Waals surface area contributed by atoms with Gasteiger partial charge in [0.15, 0.2) is 0 Å². The molecule has 84 valence electrons. The third kappa shape index (κ3) is 3.24. The van der Waals surface area contributed by atoms with Gasteiger partial charge in [0.2, 0.25) is 0 Å². The Labute approximate surface area is 93.5 Å². The van der Waals surface area contributed by atoms with E-state index in [1.54, 1.807) is 31.4 Å². The predicted octanol–water partition coefficient (Wildman–Crippen LogP) is 1.45. The topological polar surface area (TPSA) is 52.6 Å². The van der Waals surface area contributed by atoms with Crippen LogP contribution < -0.4 is 4.74 Å². The van der Waals surface area contributed by atoms with Gasteiger partial charge in [-0.15, -0.1) is 0 Å². The second-order valence-electron chi connectivity index (χ2n) is 2.97. The Morgan fingerprint density at radius 3 is 2.62 bits per heavy atom. The van der Waals surface area contributed by atoms with Gasteiger partial charge < -0.3 is 9.47 Å². The molecule has 0 aromatic heterocycles. The van der Waals surface area contributed by atoms with Crippen molar-refractivity contribution >= 4 is 17.8 Å². The molecule has 0 radical (unpaired) electrons. The van der Waals surface area contributed by atoms with Gasteiger partial charge in [0.25, 0.3) is 5.78 Å². The van der Waals surface area contributed by atoms with Crippen LogP contribution in [0.2, 0.25) is 0 Å². The van der Waals surface area contributed by atoms with Crippen LogP contribution in [0.1, 0.15) is 5.56 Å². The third-order valence-electron chi connectivity index (χ3n) is 1.91. The highest BCUT2D eigenvalue weighted by Crippen LogP contribution is 2.13. The van der Waals surface area contributed by atoms with E-state index >= 15 is 0 Å². The second-order valence-corrected chi connectivity index (χ2v) is 2.97. The summed E-state index contributed by atoms with van der Waals surface area (Å²) < 4.78 is 9.30. The van der Waals surface area contributed by atoms with Crippen LogP contribution >= 0.6 is 0 Å². The summed E-state index contributed by atoms with van der Waals surface area (Å²) in [7, 11) is 2.72. The van der Waals surface area contributed by atoms with Gasteiger partial charge in [-0.05, 0) is 23.8 Å². The summed E-state index contributed by atoms with van der Waals surface area (Å²) in [4.78, 5) is 21.9. The van der Waals surface area contributed by atoms with Crippen molar-refractivity contribution in [3.63, 3.8) is 0 Å². The smallest absolute Gasteiger partial charge is 0.378 e. The van der Waals surface area contributed by atoms with Crippen LogP contribution in [0.15, 0.2) is 30.3 Å². The number of hydrogen-bond donors (Lipinski definition) is 0. The van der Waals surface area contributed by atoms with Gasteiger partial charge in [0, 0.05) is 0 Å². The molecule has 0 aliphatic rings. The summed E-state index contributed by atoms with van der Waals surface area (Å²) in [5, 5.41) is 0. The van der Waals surface area contributed by atoms with E-state index in [0.29, 0.717) is 5.75 Å². The number of methoxy groups -OCH3 is 2. The lowest BCUT2D eigenvalue weighted by atomic mass is 10.2. The van der Waals surface area contributed by atoms with Crippen LogP contribution in [0.3, 0.4) is 0 Å². The van der Waals surface area contributed by atoms with Crippen LogP contribution in [-0.2, 0) is 14.3 Å². The zero-order valence-electron chi connectivity index (χ0n) is 9.10. The predicted molar refractivity (Wildman–Crippen MR) is 59.1 cm³/mol. The van der Waals surface area contributed by atoms with Crippen LogP contribution in [0.4, 0.5) is 0 Å². The van der Waals surface area contributed by atoms with Gasteiger partial charge in [0.05, 0.1) is 14.2 Å². The molecular formula is C12H12O4. The highest BCUT2D eigenvalue weighted by Gasteiger charge is 2.08. The van der Waals surface area contributed by atoms with E-state index in [2.05, 4.69) is 4.74 Å². The number of benzene rings is 1. The molecule has 0 fully saturated rings. The van der Waals surface area contributed by atoms with Gasteiger partial charge in [-0.2, -0.15) is 0 Å². The standard InChI is InChI=1S/C12H12O4/c1-15-10-5-3-4-9(8-10)6-7-11(13)12(14)16-2/h3-8H,1-2H3/b7-6+. The zero-order chi connectivity index (χ0) is 12.0. The minimum atomic E-state index is -0.876. The molecule has 0 aliphatic heterocycles. The monoisotopic (exact) mass is 220 g/mol. The molecule has 0 saturated heterocycles. The molecule has 4 heteroatoms. The van der Waals surface area contributed by atoms with E-state index in [0.717, 1.165) is 5.56 Å². The number of ether oxygens (including phenoxy) is 2. The SMILES string of the molecule is COC(=O)C(=O)/C=C/c1cccc(OC)c1. The Morgan fingerprint density at radius 2 is 2.00 bits per heavy atom. The molecular weight excluding hydrogens is 208 g/mol. The fraction of sp³-hybridized carbons (Fsp3) is 0.167. The minimum absolute atomic E-state index is 0.688. The molecule has 1 aromatic carbocycles. The van der Waals surface area contributed by atoms with E-state index < -0.39 is 11.8 Å². The largest absolute Gasteiger partial charge is 0.497 e. The van der Waals surface area contributed by atoms with Crippen molar-refractivity contribution in [2.24, 2.45) is 0 Å². The quantitative estimate of drug-likeness (QED) is 0.438. The van der Waals surface area contributed by atoms with Gasteiger partial charge in [0.1, 0.15) is 5.75 Å². The van der Waals surface area contributed by atoms with Crippen LogP contribution in [-0.4, -0.2) is 26.0 Å². The first-order valence-electron chi connectivity index (χ1n) is 4.62. The molecule has 0 spiro atoms. The van der Waals surface area contributed by atoms with Crippen molar-refractivity contribution in [1.82, 2.24) is 0 Å². The van der Waals surface area contributed by atoms with Crippen molar-refractivity contribution in [2.45, 2.75) is 0 Å². The molecule has 0 amide bonds. The highest BCUT2D eigenvalue weighted by molar-refractivity contribution is 6.39. The van der Waals surface area contributed by atoms with Gasteiger partial charge in [-0.3, -0.25) is 4.79 Å². The molecule has 1 rings (SSSR count). The van der Waals surface area contributed by atoms with E-state index in [9.17, 15) is 9.59 Å². The Bertz CT molecular complexity index is 421. The molecule has 0 atom stereocenters. The number of esters is 1. The van der Waals surface area contributed by atoms with Gasteiger partial charge >= 0.3 is 5.97 Å². The van der Waals surface area contributed by atoms with E-state index in [1.807, 2.05) is 0 Å². The lowest BCUT2D eigenvalue weighted by Crippen LogP contribution is -2.12. The summed E-state index contributed by atoms with van der Waals surface area (Å²) >= 11 is 0. The molecule has 1 aromatic rings. The maximum atomic E-state index is 11.1. The first-order valence-corrected chi connectivity index (χ1v) is 4.62. The molecule has 0 aliphatic carbocycles. The van der Waals surface area contributed by atoms with Crippen LogP contribution in [0, 0.1) is 0 Å². The van der Waals surface area contributed by atoms with Crippen molar-refractivity contribution in [3.05, 3.63) is 35.9 Å². The van der Waals surface area contributed by atoms with Crippen molar-refractivity contribution < 1.29 is 19.1 Å². The fourth-order valence-electron chi connectivity index (χ4n) is 1.09. The normalized spacial score (nSPS) is 10.1. The lowest BCUT2D eigenvalue weighted by Gasteiger charge is -1.99. The van der Waals surface area contributed by atoms with Crippen molar-refractivity contribution in [2.75, 3.05) is 14.2 Å². The second kappa shape index (κ2) is 5.70. The van der Waals surface area contributed by atoms with Crippen LogP contribution in [0.25, 0.3) is 6.08 Å². The maximum Gasteiger partial charge on any atom is 0.378 e. The van der Waals surface area contributed by atoms with Gasteiger partial charge in [-0.1, -0.05) is 18.2 Å². The Hall–Kier alpha value is -2.10. The van der Waals surface area contributed by atoms with E-state index in [1.165, 1.54) is 19.3 Å². The lowest BCUT2D eigenvalue weighted by molar-refractivity contribution is -0.149. The molecule has 16 heavy (non-hydrogen) atoms. The Kier molecular flexibility index (Phi) is 4.27. The molecule has 0 saturated carbocycles. The number of hydrogen-bond acceptors (Lipinski definition) is 4. The Balaban J connectivity index is 2.76. The van der Waals surface area contributed by atoms with Crippen LogP contribution in [0.5, 0.6) is 5.75 Å². The number of ketones is 1. The summed E-state index contributed by atoms with van der Waals surface area (Å²) in [5.41, 5.74) is 0.775. The average molecular weight is 220 g/mol. The third-order valence-corrected chi connectivity index (χ3v) is 1.91. The number of carbonyl (C=O) groups is 2. The molecule has 0 N–H and O–H groups in total. The Morgan fingerprint density at radius 1 is 1.25 bits per heavy atom. The number of rotatable bonds is 4. The molecule has 0 heterocycles. The molecule has 0 unspecified atom stereocenters. The summed E-state index contributed by atoms with van der Waals surface area (Å²) in [5.74, 6) is -0.878. The summed E-state index contributed by atoms with van der Waals surface area (Å²) in [6, 6.07) is 7.13. The van der Waals surface area contributed by atoms with Crippen molar-refractivity contribution in [1.29, 1.82) is 0 Å². The van der Waals surface area contributed by atoms with Crippen molar-refractivity contribution in [3.8, 4) is 5.75 Å². The summed E-state index contributed by atoms with van der Waals surface area (Å²) in [6.45, 7) is 0. The fourth-order valence-corrected chi connectivity index (χ4v) is 1.09. The van der Waals surface area contributed by atoms with E-state index in [4.69, 9.17) is 4.74 Å². The first-order chi connectivity index (χ1) is 7.67. The average Bonchev–Trinajstić information content (AvgIpc) is 2.35. The maximum absolute atomic E-state index is 11.1. The van der Waals surface area contributed by atoms with Gasteiger partial charge in [-0.25, -0.2) is 4.79 Å². The van der Waals surface area contributed by atoms with E-state index in [-0.39, 0.29) is 0 Å².